The molecule has 7 heteroatoms. The van der Waals surface area contributed by atoms with E-state index in [1.165, 1.54) is 0 Å². The van der Waals surface area contributed by atoms with E-state index in [4.69, 9.17) is 16.3 Å². The van der Waals surface area contributed by atoms with Crippen LogP contribution in [0, 0.1) is 0 Å². The third kappa shape index (κ3) is 2.60. The summed E-state index contributed by atoms with van der Waals surface area (Å²) in [6, 6.07) is 12.4. The second-order valence-electron chi connectivity index (χ2n) is 5.30. The van der Waals surface area contributed by atoms with Crippen LogP contribution in [0.2, 0.25) is 5.02 Å². The lowest BCUT2D eigenvalue weighted by Crippen LogP contribution is -2.03. The number of rotatable bonds is 3. The van der Waals surface area contributed by atoms with Gasteiger partial charge < -0.3 is 4.74 Å². The Morgan fingerprint density at radius 1 is 0.958 bits per heavy atom. The molecule has 4 rings (SSSR count). The Hall–Kier alpha value is -2.57. The molecule has 0 bridgehead atoms. The number of nitrogens with zero attached hydrogens (tertiary/aromatic N) is 2. The summed E-state index contributed by atoms with van der Waals surface area (Å²) in [6.07, 6.45) is 0.296. The molecule has 0 N–H and O–H groups in total. The highest BCUT2D eigenvalue weighted by Gasteiger charge is 2.34. The van der Waals surface area contributed by atoms with Gasteiger partial charge in [-0.05, 0) is 35.4 Å². The van der Waals surface area contributed by atoms with Crippen LogP contribution < -0.4 is 0 Å². The average Bonchev–Trinajstić information content (AvgIpc) is 3.13. The summed E-state index contributed by atoms with van der Waals surface area (Å²) in [5.74, 6) is -1.24. The van der Waals surface area contributed by atoms with Crippen LogP contribution in [0.5, 0.6) is 0 Å². The van der Waals surface area contributed by atoms with Gasteiger partial charge in [0.05, 0.1) is 22.9 Å². The maximum atomic E-state index is 12.2. The van der Waals surface area contributed by atoms with Crippen molar-refractivity contribution in [2.45, 2.75) is 6.42 Å². The van der Waals surface area contributed by atoms with Gasteiger partial charge in [0.1, 0.15) is 11.0 Å². The number of aromatic nitrogens is 2. The number of benzene rings is 2. The van der Waals surface area contributed by atoms with E-state index in [1.54, 1.807) is 30.3 Å². The molecule has 118 valence electrons. The first-order valence-electron chi connectivity index (χ1n) is 7.08. The van der Waals surface area contributed by atoms with Crippen molar-refractivity contribution < 1.29 is 14.3 Å². The van der Waals surface area contributed by atoms with Gasteiger partial charge in [0.15, 0.2) is 0 Å². The summed E-state index contributed by atoms with van der Waals surface area (Å²) in [6.45, 7) is 0. The summed E-state index contributed by atoms with van der Waals surface area (Å²) < 4.78 is 13.1. The van der Waals surface area contributed by atoms with Crippen molar-refractivity contribution in [3.63, 3.8) is 0 Å². The fraction of sp³-hybridized carbons (Fsp3) is 0.0588. The first kappa shape index (κ1) is 15.0. The minimum absolute atomic E-state index is 0.282. The zero-order valence-electron chi connectivity index (χ0n) is 12.2. The Morgan fingerprint density at radius 3 is 2.50 bits per heavy atom. The molecule has 1 aromatic heterocycles. The van der Waals surface area contributed by atoms with E-state index in [2.05, 4.69) is 8.75 Å². The Kier molecular flexibility index (Phi) is 3.63. The monoisotopic (exact) mass is 356 g/mol. The van der Waals surface area contributed by atoms with Gasteiger partial charge in [-0.25, -0.2) is 9.59 Å². The molecule has 5 nitrogen and oxygen atoms in total. The van der Waals surface area contributed by atoms with Gasteiger partial charge >= 0.3 is 11.9 Å². The van der Waals surface area contributed by atoms with Crippen LogP contribution in [0.3, 0.4) is 0 Å². The van der Waals surface area contributed by atoms with E-state index in [9.17, 15) is 9.59 Å². The molecule has 3 aromatic rings. The third-order valence-corrected chi connectivity index (χ3v) is 4.58. The Morgan fingerprint density at radius 2 is 1.71 bits per heavy atom. The lowest BCUT2D eigenvalue weighted by atomic mass is 9.96. The summed E-state index contributed by atoms with van der Waals surface area (Å²) >= 11 is 6.98. The van der Waals surface area contributed by atoms with Gasteiger partial charge in [-0.15, -0.1) is 0 Å². The Balaban J connectivity index is 1.80. The minimum atomic E-state index is -0.633. The first-order valence-corrected chi connectivity index (χ1v) is 8.19. The van der Waals surface area contributed by atoms with E-state index in [0.29, 0.717) is 28.1 Å². The zero-order valence-corrected chi connectivity index (χ0v) is 13.7. The minimum Gasteiger partial charge on any atom is -0.386 e. The van der Waals surface area contributed by atoms with Crippen LogP contribution in [0.25, 0.3) is 16.6 Å². The van der Waals surface area contributed by atoms with E-state index >= 15 is 0 Å². The van der Waals surface area contributed by atoms with Gasteiger partial charge in [0, 0.05) is 11.4 Å². The highest BCUT2D eigenvalue weighted by Crippen LogP contribution is 2.31. The number of esters is 2. The van der Waals surface area contributed by atoms with Crippen molar-refractivity contribution in [2.24, 2.45) is 0 Å². The summed E-state index contributed by atoms with van der Waals surface area (Å²) in [4.78, 5) is 24.3. The number of carbonyl (C=O) groups excluding carboxylic acids is 2. The first-order chi connectivity index (χ1) is 11.6. The largest absolute Gasteiger partial charge is 0.386 e. The second kappa shape index (κ2) is 5.81. The molecule has 0 spiro atoms. The lowest BCUT2D eigenvalue weighted by molar-refractivity contribution is -0.150. The van der Waals surface area contributed by atoms with Crippen molar-refractivity contribution in [3.8, 4) is 0 Å². The van der Waals surface area contributed by atoms with Crippen molar-refractivity contribution in [1.29, 1.82) is 0 Å². The van der Waals surface area contributed by atoms with E-state index < -0.39 is 11.9 Å². The fourth-order valence-corrected chi connectivity index (χ4v) is 3.26. The Labute approximate surface area is 145 Å². The quantitative estimate of drug-likeness (QED) is 0.531. The molecule has 0 fully saturated rings. The van der Waals surface area contributed by atoms with Crippen LogP contribution >= 0.6 is 23.3 Å². The summed E-state index contributed by atoms with van der Waals surface area (Å²) in [7, 11) is 0. The van der Waals surface area contributed by atoms with Crippen LogP contribution in [0.4, 0.5) is 0 Å². The molecule has 24 heavy (non-hydrogen) atoms. The molecule has 0 atom stereocenters. The molecule has 1 aliphatic heterocycles. The molecule has 0 saturated heterocycles. The number of cyclic esters (lactones) is 2. The zero-order chi connectivity index (χ0) is 16.7. The second-order valence-corrected chi connectivity index (χ2v) is 6.27. The molecule has 0 unspecified atom stereocenters. The van der Waals surface area contributed by atoms with E-state index in [1.807, 2.05) is 12.1 Å². The standard InChI is InChI=1S/C17H9ClN2O3S/c18-11-4-1-9(2-5-11)7-12-15(17(22)23-16(12)21)10-3-6-13-14(8-10)20-24-19-13/h1-6,8H,7H2. The highest BCUT2D eigenvalue weighted by atomic mass is 35.5. The smallest absolute Gasteiger partial charge is 0.347 e. The number of carbonyl (C=O) groups is 2. The Bertz CT molecular complexity index is 1010. The molecule has 0 saturated carbocycles. The molecule has 0 radical (unpaired) electrons. The van der Waals surface area contributed by atoms with Crippen LogP contribution in [0.1, 0.15) is 11.1 Å². The number of halogens is 1. The van der Waals surface area contributed by atoms with E-state index in [-0.39, 0.29) is 5.57 Å². The van der Waals surface area contributed by atoms with Crippen molar-refractivity contribution in [1.82, 2.24) is 8.75 Å². The molecule has 1 aliphatic rings. The molecular weight excluding hydrogens is 348 g/mol. The number of fused-ring (bicyclic) bond motifs is 1. The predicted molar refractivity (Wildman–Crippen MR) is 90.6 cm³/mol. The summed E-state index contributed by atoms with van der Waals surface area (Å²) in [5, 5.41) is 0.611. The van der Waals surface area contributed by atoms with Gasteiger partial charge in [0.2, 0.25) is 0 Å². The number of ether oxygens (including phenoxy) is 1. The number of hydrogen-bond donors (Lipinski definition) is 0. The SMILES string of the molecule is O=C1OC(=O)C(c2ccc3nsnc3c2)=C1Cc1ccc(Cl)cc1. The average molecular weight is 357 g/mol. The van der Waals surface area contributed by atoms with Crippen LogP contribution in [0.15, 0.2) is 48.0 Å². The van der Waals surface area contributed by atoms with Gasteiger partial charge in [-0.1, -0.05) is 29.8 Å². The lowest BCUT2D eigenvalue weighted by Gasteiger charge is -2.04. The molecule has 0 aliphatic carbocycles. The molecule has 2 aromatic carbocycles. The van der Waals surface area contributed by atoms with E-state index in [0.717, 1.165) is 22.8 Å². The molecular formula is C17H9ClN2O3S. The maximum Gasteiger partial charge on any atom is 0.347 e. The normalized spacial score (nSPS) is 14.5. The highest BCUT2D eigenvalue weighted by molar-refractivity contribution is 7.00. The fourth-order valence-electron chi connectivity index (χ4n) is 2.62. The van der Waals surface area contributed by atoms with Gasteiger partial charge in [-0.2, -0.15) is 8.75 Å². The number of hydrogen-bond acceptors (Lipinski definition) is 6. The molecule has 0 amide bonds. The summed E-state index contributed by atoms with van der Waals surface area (Å²) in [5.41, 5.74) is 3.53. The third-order valence-electron chi connectivity index (χ3n) is 3.77. The van der Waals surface area contributed by atoms with Crippen LogP contribution in [-0.2, 0) is 20.7 Å². The van der Waals surface area contributed by atoms with Crippen molar-refractivity contribution in [2.75, 3.05) is 0 Å². The van der Waals surface area contributed by atoms with Crippen molar-refractivity contribution >= 4 is 51.9 Å². The topological polar surface area (TPSA) is 69.2 Å². The van der Waals surface area contributed by atoms with Crippen LogP contribution in [-0.4, -0.2) is 20.7 Å². The van der Waals surface area contributed by atoms with Gasteiger partial charge in [-0.3, -0.25) is 0 Å². The molecule has 2 heterocycles. The predicted octanol–water partition coefficient (Wildman–Crippen LogP) is 3.42. The maximum absolute atomic E-state index is 12.2. The van der Waals surface area contributed by atoms with Crippen molar-refractivity contribution in [3.05, 3.63) is 64.2 Å². The van der Waals surface area contributed by atoms with Gasteiger partial charge in [0.25, 0.3) is 0 Å².